The maximum atomic E-state index is 5.31. The van der Waals surface area contributed by atoms with Gasteiger partial charge in [-0.3, -0.25) is 0 Å². The highest BCUT2D eigenvalue weighted by atomic mass is 35.5. The highest BCUT2D eigenvalue weighted by molar-refractivity contribution is 8.76. The van der Waals surface area contributed by atoms with Crippen molar-refractivity contribution in [2.75, 3.05) is 12.3 Å². The molecule has 2 nitrogen and oxygen atoms in total. The van der Waals surface area contributed by atoms with Crippen molar-refractivity contribution < 1.29 is 0 Å². The van der Waals surface area contributed by atoms with Gasteiger partial charge in [0, 0.05) is 18.5 Å². The first-order chi connectivity index (χ1) is 6.43. The normalized spacial score (nSPS) is 10.1. The van der Waals surface area contributed by atoms with Crippen LogP contribution in [0.4, 0.5) is 0 Å². The standard InChI is InChI=1S/C9H12N2S2.ClH/c10-6-2-4-8-12-13-9-5-1-3-7-11-9;/h1-5,7H,6,8,10H2;1H/b4-2+;. The van der Waals surface area contributed by atoms with Gasteiger partial charge >= 0.3 is 0 Å². The second-order valence-electron chi connectivity index (χ2n) is 2.24. The fourth-order valence-electron chi connectivity index (χ4n) is 0.694. The van der Waals surface area contributed by atoms with Crippen LogP contribution in [0.1, 0.15) is 0 Å². The molecule has 1 aromatic rings. The van der Waals surface area contributed by atoms with Crippen LogP contribution in [0.15, 0.2) is 41.6 Å². The SMILES string of the molecule is Cl.NC/C=C/CSSc1ccccn1. The quantitative estimate of drug-likeness (QED) is 0.494. The lowest BCUT2D eigenvalue weighted by molar-refractivity contribution is 1.14. The van der Waals surface area contributed by atoms with Gasteiger partial charge in [0.2, 0.25) is 0 Å². The zero-order valence-corrected chi connectivity index (χ0v) is 10.1. The molecule has 1 aromatic heterocycles. The van der Waals surface area contributed by atoms with E-state index < -0.39 is 0 Å². The van der Waals surface area contributed by atoms with Crippen molar-refractivity contribution in [3.8, 4) is 0 Å². The average molecular weight is 249 g/mol. The summed E-state index contributed by atoms with van der Waals surface area (Å²) in [6.45, 7) is 0.620. The molecule has 0 saturated carbocycles. The van der Waals surface area contributed by atoms with Crippen LogP contribution in [0.5, 0.6) is 0 Å². The minimum atomic E-state index is 0. The summed E-state index contributed by atoms with van der Waals surface area (Å²) < 4.78 is 0. The molecule has 0 amide bonds. The van der Waals surface area contributed by atoms with Gasteiger partial charge in [-0.1, -0.05) is 29.0 Å². The zero-order chi connectivity index (χ0) is 9.36. The summed E-state index contributed by atoms with van der Waals surface area (Å²) in [5, 5.41) is 1.05. The van der Waals surface area contributed by atoms with Gasteiger partial charge in [0.1, 0.15) is 5.03 Å². The minimum absolute atomic E-state index is 0. The Morgan fingerprint density at radius 3 is 2.86 bits per heavy atom. The molecule has 1 rings (SSSR count). The van der Waals surface area contributed by atoms with Crippen molar-refractivity contribution in [1.82, 2.24) is 4.98 Å². The maximum absolute atomic E-state index is 5.31. The van der Waals surface area contributed by atoms with Crippen LogP contribution < -0.4 is 5.73 Å². The fraction of sp³-hybridized carbons (Fsp3) is 0.222. The van der Waals surface area contributed by atoms with Crippen LogP contribution in [-0.4, -0.2) is 17.3 Å². The van der Waals surface area contributed by atoms with E-state index in [4.69, 9.17) is 5.73 Å². The van der Waals surface area contributed by atoms with E-state index in [1.807, 2.05) is 24.3 Å². The molecule has 1 heterocycles. The van der Waals surface area contributed by atoms with E-state index >= 15 is 0 Å². The third-order valence-electron chi connectivity index (χ3n) is 1.25. The van der Waals surface area contributed by atoms with E-state index in [-0.39, 0.29) is 12.4 Å². The number of halogens is 1. The Morgan fingerprint density at radius 2 is 2.21 bits per heavy atom. The smallest absolute Gasteiger partial charge is 0.106 e. The molecule has 0 saturated heterocycles. The van der Waals surface area contributed by atoms with Crippen molar-refractivity contribution in [2.24, 2.45) is 5.73 Å². The molecule has 0 fully saturated rings. The van der Waals surface area contributed by atoms with Crippen LogP contribution in [0.25, 0.3) is 0 Å². The lowest BCUT2D eigenvalue weighted by Gasteiger charge is -1.95. The first-order valence-electron chi connectivity index (χ1n) is 3.99. The molecule has 0 bridgehead atoms. The van der Waals surface area contributed by atoms with Crippen LogP contribution in [-0.2, 0) is 0 Å². The van der Waals surface area contributed by atoms with Crippen LogP contribution >= 0.6 is 34.0 Å². The number of pyridine rings is 1. The predicted octanol–water partition coefficient (Wildman–Crippen LogP) is 2.76. The van der Waals surface area contributed by atoms with Gasteiger partial charge < -0.3 is 5.73 Å². The third kappa shape index (κ3) is 6.32. The van der Waals surface area contributed by atoms with Crippen molar-refractivity contribution in [3.63, 3.8) is 0 Å². The first-order valence-corrected chi connectivity index (χ1v) is 6.31. The molecule has 0 atom stereocenters. The monoisotopic (exact) mass is 248 g/mol. The van der Waals surface area contributed by atoms with E-state index in [0.29, 0.717) is 6.54 Å². The van der Waals surface area contributed by atoms with Crippen molar-refractivity contribution in [2.45, 2.75) is 5.03 Å². The third-order valence-corrected chi connectivity index (χ3v) is 3.38. The molecule has 2 N–H and O–H groups in total. The number of nitrogens with zero attached hydrogens (tertiary/aromatic N) is 1. The van der Waals surface area contributed by atoms with Gasteiger partial charge in [-0.2, -0.15) is 0 Å². The molecule has 0 radical (unpaired) electrons. The van der Waals surface area contributed by atoms with Crippen LogP contribution in [0.3, 0.4) is 0 Å². The molecule has 0 unspecified atom stereocenters. The summed E-state index contributed by atoms with van der Waals surface area (Å²) in [5.41, 5.74) is 5.31. The molecule has 0 spiro atoms. The Balaban J connectivity index is 0.00000169. The largest absolute Gasteiger partial charge is 0.327 e. The Morgan fingerprint density at radius 1 is 1.36 bits per heavy atom. The number of aromatic nitrogens is 1. The summed E-state index contributed by atoms with van der Waals surface area (Å²) in [6.07, 6.45) is 5.84. The van der Waals surface area contributed by atoms with E-state index in [9.17, 15) is 0 Å². The van der Waals surface area contributed by atoms with Crippen LogP contribution in [0.2, 0.25) is 0 Å². The van der Waals surface area contributed by atoms with Gasteiger partial charge in [0.05, 0.1) is 0 Å². The molecule has 14 heavy (non-hydrogen) atoms. The second-order valence-corrected chi connectivity index (χ2v) is 4.60. The van der Waals surface area contributed by atoms with Gasteiger partial charge in [0.25, 0.3) is 0 Å². The highest BCUT2D eigenvalue weighted by Crippen LogP contribution is 2.28. The van der Waals surface area contributed by atoms with Crippen molar-refractivity contribution in [3.05, 3.63) is 36.5 Å². The Kier molecular flexibility index (Phi) is 9.29. The van der Waals surface area contributed by atoms with Crippen molar-refractivity contribution in [1.29, 1.82) is 0 Å². The Hall–Kier alpha value is -0.160. The van der Waals surface area contributed by atoms with Crippen molar-refractivity contribution >= 4 is 34.0 Å². The summed E-state index contributed by atoms with van der Waals surface area (Å²) >= 11 is 0. The van der Waals surface area contributed by atoms with E-state index in [2.05, 4.69) is 11.1 Å². The molecule has 0 aliphatic heterocycles. The lowest BCUT2D eigenvalue weighted by atomic mass is 10.5. The highest BCUT2D eigenvalue weighted by Gasteiger charge is 1.91. The first kappa shape index (κ1) is 13.8. The summed E-state index contributed by atoms with van der Waals surface area (Å²) in [6, 6.07) is 5.92. The summed E-state index contributed by atoms with van der Waals surface area (Å²) in [5.74, 6) is 0.971. The Bertz CT molecular complexity index is 254. The molecular weight excluding hydrogens is 236 g/mol. The summed E-state index contributed by atoms with van der Waals surface area (Å²) in [7, 11) is 3.44. The second kappa shape index (κ2) is 9.40. The number of rotatable bonds is 5. The van der Waals surface area contributed by atoms with Crippen LogP contribution in [0, 0.1) is 0 Å². The molecule has 0 aliphatic rings. The molecule has 0 aromatic carbocycles. The lowest BCUT2D eigenvalue weighted by Crippen LogP contribution is -1.92. The van der Waals surface area contributed by atoms with Gasteiger partial charge in [-0.15, -0.1) is 12.4 Å². The van der Waals surface area contributed by atoms with Gasteiger partial charge in [-0.25, -0.2) is 4.98 Å². The predicted molar refractivity (Wildman–Crippen MR) is 68.0 cm³/mol. The number of hydrogen-bond acceptors (Lipinski definition) is 4. The number of nitrogens with two attached hydrogens (primary N) is 1. The average Bonchev–Trinajstić information content (AvgIpc) is 2.19. The zero-order valence-electron chi connectivity index (χ0n) is 7.63. The van der Waals surface area contributed by atoms with E-state index in [0.717, 1.165) is 10.8 Å². The molecular formula is C9H13ClN2S2. The molecule has 78 valence electrons. The summed E-state index contributed by atoms with van der Waals surface area (Å²) in [4.78, 5) is 4.19. The molecule has 5 heteroatoms. The number of hydrogen-bond donors (Lipinski definition) is 1. The van der Waals surface area contributed by atoms with Gasteiger partial charge in [0.15, 0.2) is 0 Å². The fourth-order valence-corrected chi connectivity index (χ4v) is 2.43. The molecule has 0 aliphatic carbocycles. The Labute approximate surface area is 98.6 Å². The maximum Gasteiger partial charge on any atom is 0.106 e. The minimum Gasteiger partial charge on any atom is -0.327 e. The van der Waals surface area contributed by atoms with E-state index in [1.165, 1.54) is 0 Å². The van der Waals surface area contributed by atoms with Gasteiger partial charge in [-0.05, 0) is 22.9 Å². The van der Waals surface area contributed by atoms with E-state index in [1.54, 1.807) is 27.8 Å². The topological polar surface area (TPSA) is 38.9 Å².